The molecule has 6 heteroatoms. The minimum Gasteiger partial charge on any atom is -0.496 e. The number of aliphatic hydroxyl groups is 1. The molecule has 210 valence electrons. The molecule has 1 N–H and O–H groups in total. The molecule has 42 heavy (non-hydrogen) atoms. The van der Waals surface area contributed by atoms with E-state index < -0.39 is 0 Å². The number of aliphatic hydroxyl groups excluding tert-OH is 1. The van der Waals surface area contributed by atoms with Crippen molar-refractivity contribution in [1.29, 1.82) is 0 Å². The molecule has 0 bridgehead atoms. The summed E-state index contributed by atoms with van der Waals surface area (Å²) in [4.78, 5) is 2.41. The average Bonchev–Trinajstić information content (AvgIpc) is 3.67. The van der Waals surface area contributed by atoms with Gasteiger partial charge in [0, 0.05) is 44.5 Å². The van der Waals surface area contributed by atoms with E-state index in [0.29, 0.717) is 0 Å². The fourth-order valence-corrected chi connectivity index (χ4v) is 9.40. The Morgan fingerprint density at radius 2 is 1.71 bits per heavy atom. The van der Waals surface area contributed by atoms with Gasteiger partial charge in [-0.2, -0.15) is 0 Å². The molecular formula is C36H31NO3S2. The summed E-state index contributed by atoms with van der Waals surface area (Å²) in [5, 5.41) is 16.0. The predicted octanol–water partition coefficient (Wildman–Crippen LogP) is 8.16. The molecule has 4 nitrogen and oxygen atoms in total. The maximum Gasteiger partial charge on any atom is 0.125 e. The van der Waals surface area contributed by atoms with Crippen molar-refractivity contribution in [3.8, 4) is 5.75 Å². The topological polar surface area (TPSA) is 41.9 Å². The van der Waals surface area contributed by atoms with Gasteiger partial charge in [0.25, 0.3) is 0 Å². The number of nitrogens with zero attached hydrogens (tertiary/aromatic N) is 1. The molecule has 0 radical (unpaired) electrons. The third-order valence-electron chi connectivity index (χ3n) is 9.08. The number of fused-ring (bicyclic) bond motifs is 8. The Hall–Kier alpha value is -3.68. The molecule has 4 aromatic carbocycles. The molecule has 1 fully saturated rings. The van der Waals surface area contributed by atoms with Crippen molar-refractivity contribution in [3.05, 3.63) is 112 Å². The Morgan fingerprint density at radius 1 is 0.929 bits per heavy atom. The first kappa shape index (κ1) is 26.0. The predicted molar refractivity (Wildman–Crippen MR) is 177 cm³/mol. The summed E-state index contributed by atoms with van der Waals surface area (Å²) in [5.41, 5.74) is 7.01. The number of hydrogen-bond donors (Lipinski definition) is 1. The van der Waals surface area contributed by atoms with Crippen LogP contribution in [-0.2, 0) is 23.2 Å². The van der Waals surface area contributed by atoms with E-state index >= 15 is 0 Å². The highest BCUT2D eigenvalue weighted by Crippen LogP contribution is 2.51. The summed E-state index contributed by atoms with van der Waals surface area (Å²) in [5.74, 6) is 0.733. The van der Waals surface area contributed by atoms with Crippen LogP contribution in [0.4, 0.5) is 5.69 Å². The number of thiophene rings is 2. The normalized spacial score (nSPS) is 18.7. The lowest BCUT2D eigenvalue weighted by atomic mass is 9.66. The molecule has 0 amide bonds. The molecule has 0 saturated carbocycles. The molecule has 1 atom stereocenters. The van der Waals surface area contributed by atoms with Crippen molar-refractivity contribution in [2.24, 2.45) is 0 Å². The zero-order valence-corrected chi connectivity index (χ0v) is 25.1. The van der Waals surface area contributed by atoms with Crippen molar-refractivity contribution in [3.63, 3.8) is 0 Å². The zero-order valence-electron chi connectivity index (χ0n) is 23.4. The molecule has 2 aromatic heterocycles. The van der Waals surface area contributed by atoms with Gasteiger partial charge < -0.3 is 19.5 Å². The third-order valence-corrected chi connectivity index (χ3v) is 11.4. The third kappa shape index (κ3) is 3.93. The van der Waals surface area contributed by atoms with Crippen molar-refractivity contribution < 1.29 is 14.6 Å². The molecule has 0 spiro atoms. The van der Waals surface area contributed by atoms with Crippen LogP contribution in [0.1, 0.15) is 27.8 Å². The number of ether oxygens (including phenoxy) is 2. The van der Waals surface area contributed by atoms with E-state index in [2.05, 4.69) is 95.2 Å². The molecule has 1 unspecified atom stereocenters. The van der Waals surface area contributed by atoms with E-state index in [1.165, 1.54) is 58.2 Å². The highest BCUT2D eigenvalue weighted by atomic mass is 32.1. The lowest BCUT2D eigenvalue weighted by molar-refractivity contribution is 0.122. The molecule has 8 rings (SSSR count). The maximum atomic E-state index is 10.2. The van der Waals surface area contributed by atoms with E-state index in [1.807, 2.05) is 11.3 Å². The van der Waals surface area contributed by atoms with Gasteiger partial charge in [0.2, 0.25) is 0 Å². The first-order chi connectivity index (χ1) is 20.7. The number of morpholine rings is 1. The van der Waals surface area contributed by atoms with Crippen molar-refractivity contribution in [1.82, 2.24) is 0 Å². The minimum atomic E-state index is -0.301. The van der Waals surface area contributed by atoms with Crippen LogP contribution in [0, 0.1) is 0 Å². The number of rotatable bonds is 5. The second-order valence-electron chi connectivity index (χ2n) is 11.2. The summed E-state index contributed by atoms with van der Waals surface area (Å²) in [6.45, 7) is 3.36. The molecule has 3 heterocycles. The van der Waals surface area contributed by atoms with Gasteiger partial charge in [0.1, 0.15) is 5.75 Å². The first-order valence-electron chi connectivity index (χ1n) is 14.4. The summed E-state index contributed by atoms with van der Waals surface area (Å²) in [7, 11) is 1.68. The van der Waals surface area contributed by atoms with Gasteiger partial charge >= 0.3 is 0 Å². The van der Waals surface area contributed by atoms with Gasteiger partial charge in [-0.25, -0.2) is 0 Å². The van der Waals surface area contributed by atoms with Gasteiger partial charge in [-0.3, -0.25) is 0 Å². The van der Waals surface area contributed by atoms with Crippen LogP contribution in [0.15, 0.2) is 84.3 Å². The Bertz CT molecular complexity index is 1970. The van der Waals surface area contributed by atoms with Gasteiger partial charge in [-0.05, 0) is 75.2 Å². The van der Waals surface area contributed by atoms with E-state index in [9.17, 15) is 5.11 Å². The highest BCUT2D eigenvalue weighted by Gasteiger charge is 2.37. The Kier molecular flexibility index (Phi) is 6.34. The first-order valence-corrected chi connectivity index (χ1v) is 16.1. The van der Waals surface area contributed by atoms with Crippen molar-refractivity contribution >= 4 is 64.7 Å². The van der Waals surface area contributed by atoms with Crippen LogP contribution in [0.3, 0.4) is 0 Å². The van der Waals surface area contributed by atoms with Gasteiger partial charge in [0.15, 0.2) is 0 Å². The van der Waals surface area contributed by atoms with Crippen LogP contribution in [0.5, 0.6) is 5.75 Å². The van der Waals surface area contributed by atoms with Crippen LogP contribution in [0.2, 0.25) is 0 Å². The average molecular weight is 590 g/mol. The molecule has 6 aromatic rings. The molecular weight excluding hydrogens is 559 g/mol. The number of anilines is 1. The second kappa shape index (κ2) is 10.2. The van der Waals surface area contributed by atoms with Gasteiger partial charge in [-0.1, -0.05) is 54.6 Å². The van der Waals surface area contributed by atoms with E-state index in [4.69, 9.17) is 9.47 Å². The highest BCUT2D eigenvalue weighted by molar-refractivity contribution is 7.32. The van der Waals surface area contributed by atoms with Crippen LogP contribution < -0.4 is 9.64 Å². The fourth-order valence-electron chi connectivity index (χ4n) is 6.95. The molecule has 1 aliphatic heterocycles. The smallest absolute Gasteiger partial charge is 0.125 e. The van der Waals surface area contributed by atoms with E-state index in [1.54, 1.807) is 18.4 Å². The standard InChI is InChI=1S/C36H31NO3S2/c1-39-31-20-28-27-11-13-36(24-5-3-2-4-6-24,25-7-9-26(10-8-25)37-14-16-40-17-15-37)21-30(27)34-33(29(28)19-23(31)22-38)35-32(42-34)12-18-41-35/h2-13,18-20,38H,14-17,21-22H2,1H3. The largest absolute Gasteiger partial charge is 0.496 e. The van der Waals surface area contributed by atoms with Crippen LogP contribution >= 0.6 is 22.7 Å². The number of hydrogen-bond acceptors (Lipinski definition) is 6. The van der Waals surface area contributed by atoms with Crippen molar-refractivity contribution in [2.75, 3.05) is 38.3 Å². The Labute approximate surface area is 253 Å². The summed E-state index contributed by atoms with van der Waals surface area (Å²) >= 11 is 3.70. The van der Waals surface area contributed by atoms with E-state index in [-0.39, 0.29) is 12.0 Å². The number of benzene rings is 4. The lowest BCUT2D eigenvalue weighted by Gasteiger charge is -2.37. The number of allylic oxidation sites excluding steroid dienone is 1. The summed E-state index contributed by atoms with van der Waals surface area (Å²) < 4.78 is 15.3. The Balaban J connectivity index is 1.37. The summed E-state index contributed by atoms with van der Waals surface area (Å²) in [6, 6.07) is 26.7. The molecule has 1 saturated heterocycles. The SMILES string of the molecule is COc1cc2c3c(c4sc5ccsc5c4c2cc1CO)CC(c1ccccc1)(c1ccc(N2CCOCC2)cc1)C=C3. The van der Waals surface area contributed by atoms with Crippen molar-refractivity contribution in [2.45, 2.75) is 18.4 Å². The fraction of sp³-hybridized carbons (Fsp3) is 0.222. The van der Waals surface area contributed by atoms with E-state index in [0.717, 1.165) is 44.0 Å². The molecule has 2 aliphatic rings. The minimum absolute atomic E-state index is 0.0528. The Morgan fingerprint density at radius 3 is 2.48 bits per heavy atom. The quantitative estimate of drug-likeness (QED) is 0.220. The van der Waals surface area contributed by atoms with Crippen LogP contribution in [0.25, 0.3) is 36.3 Å². The van der Waals surface area contributed by atoms with Crippen LogP contribution in [-0.4, -0.2) is 38.5 Å². The number of methoxy groups -OCH3 is 1. The van der Waals surface area contributed by atoms with Gasteiger partial charge in [0.05, 0.1) is 31.6 Å². The monoisotopic (exact) mass is 589 g/mol. The zero-order chi connectivity index (χ0) is 28.3. The lowest BCUT2D eigenvalue weighted by Crippen LogP contribution is -2.36. The van der Waals surface area contributed by atoms with Gasteiger partial charge in [-0.15, -0.1) is 22.7 Å². The summed E-state index contributed by atoms with van der Waals surface area (Å²) in [6.07, 6.45) is 5.63. The second-order valence-corrected chi connectivity index (χ2v) is 13.1. The maximum absolute atomic E-state index is 10.2. The molecule has 1 aliphatic carbocycles.